The summed E-state index contributed by atoms with van der Waals surface area (Å²) in [5, 5.41) is 20.5. The van der Waals surface area contributed by atoms with Crippen LogP contribution in [0.5, 0.6) is 5.75 Å². The van der Waals surface area contributed by atoms with Crippen molar-refractivity contribution >= 4 is 17.4 Å². The highest BCUT2D eigenvalue weighted by atomic mass is 16.5. The minimum Gasteiger partial charge on any atom is -0.507 e. The number of likely N-dealkylation sites (tertiary alicyclic amines) is 1. The SMILES string of the molecule is Cc1ccc(C(O)=C2C(=O)C(=O)N(CCO)[C@H]2c2cccc(OCc3ccccc3)c2)cc1. The van der Waals surface area contributed by atoms with Crippen LogP contribution in [0.15, 0.2) is 84.4 Å². The van der Waals surface area contributed by atoms with Gasteiger partial charge in [0, 0.05) is 12.1 Å². The van der Waals surface area contributed by atoms with E-state index < -0.39 is 17.7 Å². The molecule has 1 fully saturated rings. The minimum absolute atomic E-state index is 0.00230. The fraction of sp³-hybridized carbons (Fsp3) is 0.185. The van der Waals surface area contributed by atoms with Crippen LogP contribution >= 0.6 is 0 Å². The maximum absolute atomic E-state index is 12.9. The summed E-state index contributed by atoms with van der Waals surface area (Å²) in [7, 11) is 0. The van der Waals surface area contributed by atoms with E-state index in [4.69, 9.17) is 4.74 Å². The van der Waals surface area contributed by atoms with E-state index in [0.717, 1.165) is 11.1 Å². The zero-order valence-corrected chi connectivity index (χ0v) is 18.3. The van der Waals surface area contributed by atoms with Crippen LogP contribution in [0.1, 0.15) is 28.3 Å². The Balaban J connectivity index is 1.73. The molecule has 0 saturated carbocycles. The quantitative estimate of drug-likeness (QED) is 0.328. The Morgan fingerprint density at radius 3 is 2.39 bits per heavy atom. The fourth-order valence-electron chi connectivity index (χ4n) is 3.95. The van der Waals surface area contributed by atoms with Gasteiger partial charge in [-0.3, -0.25) is 9.59 Å². The van der Waals surface area contributed by atoms with Crippen LogP contribution in [-0.2, 0) is 16.2 Å². The van der Waals surface area contributed by atoms with Gasteiger partial charge in [0.2, 0.25) is 0 Å². The molecule has 0 radical (unpaired) electrons. The molecule has 3 aromatic carbocycles. The number of carbonyl (C=O) groups is 2. The molecular weight excluding hydrogens is 418 g/mol. The van der Waals surface area contributed by atoms with E-state index in [1.54, 1.807) is 36.4 Å². The molecule has 33 heavy (non-hydrogen) atoms. The molecule has 6 heteroatoms. The second-order valence-electron chi connectivity index (χ2n) is 7.93. The van der Waals surface area contributed by atoms with Gasteiger partial charge in [-0.2, -0.15) is 0 Å². The number of hydrogen-bond acceptors (Lipinski definition) is 5. The highest BCUT2D eigenvalue weighted by Gasteiger charge is 2.45. The second kappa shape index (κ2) is 9.71. The molecule has 4 rings (SSSR count). The predicted molar refractivity (Wildman–Crippen MR) is 124 cm³/mol. The number of carbonyl (C=O) groups excluding carboxylic acids is 2. The monoisotopic (exact) mass is 443 g/mol. The van der Waals surface area contributed by atoms with Crippen molar-refractivity contribution in [3.63, 3.8) is 0 Å². The molecule has 3 aromatic rings. The number of aryl methyl sites for hydroxylation is 1. The number of Topliss-reactive ketones (excluding diaryl/α,β-unsaturated/α-hetero) is 1. The standard InChI is InChI=1S/C27H25NO5/c1-18-10-12-20(13-11-18)25(30)23-24(28(14-15-29)27(32)26(23)31)21-8-5-9-22(16-21)33-17-19-6-3-2-4-7-19/h2-13,16,24,29-30H,14-15,17H2,1H3/t24-/m0/s1. The van der Waals surface area contributed by atoms with Gasteiger partial charge in [-0.15, -0.1) is 0 Å². The molecule has 1 aliphatic rings. The number of rotatable bonds is 7. The summed E-state index contributed by atoms with van der Waals surface area (Å²) in [4.78, 5) is 27.0. The molecule has 0 unspecified atom stereocenters. The maximum atomic E-state index is 12.9. The van der Waals surface area contributed by atoms with Crippen LogP contribution in [0, 0.1) is 6.92 Å². The summed E-state index contributed by atoms with van der Waals surface area (Å²) < 4.78 is 5.92. The lowest BCUT2D eigenvalue weighted by Crippen LogP contribution is -2.32. The summed E-state index contributed by atoms with van der Waals surface area (Å²) in [6.07, 6.45) is 0. The van der Waals surface area contributed by atoms with Gasteiger partial charge in [0.1, 0.15) is 18.1 Å². The van der Waals surface area contributed by atoms with E-state index in [-0.39, 0.29) is 24.5 Å². The number of aliphatic hydroxyl groups excluding tert-OH is 2. The van der Waals surface area contributed by atoms with E-state index in [0.29, 0.717) is 23.5 Å². The summed E-state index contributed by atoms with van der Waals surface area (Å²) in [5.41, 5.74) is 3.07. The fourth-order valence-corrected chi connectivity index (χ4v) is 3.95. The number of nitrogens with zero attached hydrogens (tertiary/aromatic N) is 1. The molecule has 1 amide bonds. The Morgan fingerprint density at radius 2 is 1.70 bits per heavy atom. The van der Waals surface area contributed by atoms with Crippen molar-refractivity contribution in [1.29, 1.82) is 0 Å². The van der Waals surface area contributed by atoms with E-state index in [1.165, 1.54) is 4.90 Å². The van der Waals surface area contributed by atoms with Crippen molar-refractivity contribution in [1.82, 2.24) is 4.90 Å². The first-order chi connectivity index (χ1) is 16.0. The van der Waals surface area contributed by atoms with Gasteiger partial charge in [0.15, 0.2) is 0 Å². The first-order valence-corrected chi connectivity index (χ1v) is 10.7. The molecule has 1 atom stereocenters. The van der Waals surface area contributed by atoms with E-state index in [2.05, 4.69) is 0 Å². The molecule has 0 aromatic heterocycles. The first-order valence-electron chi connectivity index (χ1n) is 10.7. The summed E-state index contributed by atoms with van der Waals surface area (Å²) in [6, 6.07) is 23.1. The normalized spacial score (nSPS) is 17.4. The summed E-state index contributed by atoms with van der Waals surface area (Å²) >= 11 is 0. The van der Waals surface area contributed by atoms with Crippen molar-refractivity contribution in [2.75, 3.05) is 13.2 Å². The van der Waals surface area contributed by atoms with Gasteiger partial charge < -0.3 is 19.8 Å². The summed E-state index contributed by atoms with van der Waals surface area (Å²) in [5.74, 6) is -1.20. The van der Waals surface area contributed by atoms with E-state index >= 15 is 0 Å². The number of aliphatic hydroxyl groups is 2. The second-order valence-corrected chi connectivity index (χ2v) is 7.93. The van der Waals surface area contributed by atoms with Gasteiger partial charge in [-0.25, -0.2) is 0 Å². The Labute approximate surface area is 192 Å². The third-order valence-corrected chi connectivity index (χ3v) is 5.63. The largest absolute Gasteiger partial charge is 0.507 e. The molecule has 0 aliphatic carbocycles. The van der Waals surface area contributed by atoms with Crippen LogP contribution in [0.4, 0.5) is 0 Å². The molecule has 6 nitrogen and oxygen atoms in total. The Kier molecular flexibility index (Phi) is 6.56. The number of ether oxygens (including phenoxy) is 1. The van der Waals surface area contributed by atoms with Gasteiger partial charge in [0.05, 0.1) is 18.2 Å². The number of benzene rings is 3. The van der Waals surface area contributed by atoms with Crippen LogP contribution < -0.4 is 4.74 Å². The van der Waals surface area contributed by atoms with Gasteiger partial charge in [-0.1, -0.05) is 72.3 Å². The van der Waals surface area contributed by atoms with Crippen molar-refractivity contribution in [3.8, 4) is 5.75 Å². The maximum Gasteiger partial charge on any atom is 0.295 e. The molecule has 0 bridgehead atoms. The third kappa shape index (κ3) is 4.66. The smallest absolute Gasteiger partial charge is 0.295 e. The van der Waals surface area contributed by atoms with Crippen molar-refractivity contribution in [3.05, 3.63) is 107 Å². The van der Waals surface area contributed by atoms with E-state index in [1.807, 2.05) is 49.4 Å². The van der Waals surface area contributed by atoms with Crippen molar-refractivity contribution < 1.29 is 24.5 Å². The topological polar surface area (TPSA) is 87.1 Å². The molecule has 1 saturated heterocycles. The lowest BCUT2D eigenvalue weighted by atomic mass is 9.95. The van der Waals surface area contributed by atoms with Crippen molar-refractivity contribution in [2.45, 2.75) is 19.6 Å². The summed E-state index contributed by atoms with van der Waals surface area (Å²) in [6.45, 7) is 1.95. The van der Waals surface area contributed by atoms with Crippen molar-refractivity contribution in [2.24, 2.45) is 0 Å². The lowest BCUT2D eigenvalue weighted by molar-refractivity contribution is -0.140. The Hall–Kier alpha value is -3.90. The zero-order valence-electron chi connectivity index (χ0n) is 18.3. The molecule has 168 valence electrons. The highest BCUT2D eigenvalue weighted by Crippen LogP contribution is 2.40. The number of hydrogen-bond donors (Lipinski definition) is 2. The molecule has 0 spiro atoms. The molecule has 2 N–H and O–H groups in total. The lowest BCUT2D eigenvalue weighted by Gasteiger charge is -2.25. The highest BCUT2D eigenvalue weighted by molar-refractivity contribution is 6.46. The van der Waals surface area contributed by atoms with Gasteiger partial charge in [-0.05, 0) is 30.2 Å². The van der Waals surface area contributed by atoms with E-state index in [9.17, 15) is 19.8 Å². The van der Waals surface area contributed by atoms with Crippen LogP contribution in [0.25, 0.3) is 5.76 Å². The third-order valence-electron chi connectivity index (χ3n) is 5.63. The van der Waals surface area contributed by atoms with Crippen LogP contribution in [0.3, 0.4) is 0 Å². The number of ketones is 1. The van der Waals surface area contributed by atoms with Crippen LogP contribution in [0.2, 0.25) is 0 Å². The molecule has 1 heterocycles. The minimum atomic E-state index is -0.835. The first kappa shape index (κ1) is 22.3. The Bertz CT molecular complexity index is 1180. The van der Waals surface area contributed by atoms with Gasteiger partial charge >= 0.3 is 0 Å². The Morgan fingerprint density at radius 1 is 0.970 bits per heavy atom. The molecular formula is C27H25NO5. The zero-order chi connectivity index (χ0) is 23.4. The average molecular weight is 443 g/mol. The van der Waals surface area contributed by atoms with Gasteiger partial charge in [0.25, 0.3) is 11.7 Å². The molecule has 1 aliphatic heterocycles. The number of β-amino-alcohol motifs (C(OH)–C–C–N with tert-alkyl or cyclic N) is 1. The van der Waals surface area contributed by atoms with Crippen LogP contribution in [-0.4, -0.2) is 40.0 Å². The number of amides is 1. The average Bonchev–Trinajstić information content (AvgIpc) is 3.09. The predicted octanol–water partition coefficient (Wildman–Crippen LogP) is 3.99.